The summed E-state index contributed by atoms with van der Waals surface area (Å²) < 4.78 is 5.65. The zero-order valence-corrected chi connectivity index (χ0v) is 7.86. The molecule has 3 nitrogen and oxygen atoms in total. The maximum atomic E-state index is 11.7. The first-order valence-corrected chi connectivity index (χ1v) is 4.62. The van der Waals surface area contributed by atoms with Crippen molar-refractivity contribution in [3.05, 3.63) is 12.2 Å². The molecule has 2 heterocycles. The fourth-order valence-electron chi connectivity index (χ4n) is 2.13. The Hall–Kier alpha value is -0.670. The van der Waals surface area contributed by atoms with E-state index in [0.29, 0.717) is 0 Å². The molecule has 72 valence electrons. The van der Waals surface area contributed by atoms with Crippen molar-refractivity contribution < 1.29 is 14.6 Å². The van der Waals surface area contributed by atoms with Gasteiger partial charge in [0.1, 0.15) is 11.4 Å². The van der Waals surface area contributed by atoms with Crippen LogP contribution in [0.3, 0.4) is 0 Å². The minimum absolute atomic E-state index is 0.0755. The fraction of sp³-hybridized carbons (Fsp3) is 0.700. The van der Waals surface area contributed by atoms with Gasteiger partial charge >= 0.3 is 0 Å². The van der Waals surface area contributed by atoms with Crippen LogP contribution in [0.5, 0.6) is 0 Å². The number of ether oxygens (including phenoxy) is 1. The van der Waals surface area contributed by atoms with Gasteiger partial charge in [-0.3, -0.25) is 4.79 Å². The van der Waals surface area contributed by atoms with Crippen molar-refractivity contribution >= 4 is 5.78 Å². The highest BCUT2D eigenvalue weighted by molar-refractivity contribution is 5.86. The number of hydrogen-bond donors (Lipinski definition) is 1. The standard InChI is InChI=1S/C10H14O3/c1-6-8-3-4-10(5-11,13-8)7(2)9(6)12/h3-4,6-8,11H,5H2,1-2H3/t6-,7-,8-,10-/m0/s1. The van der Waals surface area contributed by atoms with Crippen molar-refractivity contribution in [2.75, 3.05) is 6.61 Å². The molecule has 0 spiro atoms. The SMILES string of the molecule is C[C@@H]1C(=O)[C@H](C)[C@@]2(CO)C=C[C@@H]1O2. The molecule has 2 rings (SSSR count). The molecular weight excluding hydrogens is 168 g/mol. The molecule has 0 amide bonds. The highest BCUT2D eigenvalue weighted by Crippen LogP contribution is 2.40. The van der Waals surface area contributed by atoms with Gasteiger partial charge in [0.2, 0.25) is 0 Å². The molecule has 1 fully saturated rings. The van der Waals surface area contributed by atoms with Crippen LogP contribution >= 0.6 is 0 Å². The molecule has 1 N–H and O–H groups in total. The molecular formula is C10H14O3. The Balaban J connectivity index is 2.36. The molecule has 13 heavy (non-hydrogen) atoms. The van der Waals surface area contributed by atoms with Crippen LogP contribution in [0, 0.1) is 11.8 Å². The van der Waals surface area contributed by atoms with Crippen LogP contribution in [0.4, 0.5) is 0 Å². The van der Waals surface area contributed by atoms with Gasteiger partial charge in [0.25, 0.3) is 0 Å². The number of hydrogen-bond acceptors (Lipinski definition) is 3. The van der Waals surface area contributed by atoms with Crippen LogP contribution < -0.4 is 0 Å². The maximum absolute atomic E-state index is 11.7. The van der Waals surface area contributed by atoms with Crippen molar-refractivity contribution in [3.8, 4) is 0 Å². The summed E-state index contributed by atoms with van der Waals surface area (Å²) in [5.74, 6) is -0.119. The predicted octanol–water partition coefficient (Wildman–Crippen LogP) is 0.527. The number of Topliss-reactive ketones (excluding diaryl/α,β-unsaturated/α-hetero) is 1. The number of carbonyl (C=O) groups excluding carboxylic acids is 1. The third-order valence-corrected chi connectivity index (χ3v) is 3.27. The maximum Gasteiger partial charge on any atom is 0.144 e. The highest BCUT2D eigenvalue weighted by atomic mass is 16.5. The van der Waals surface area contributed by atoms with E-state index in [4.69, 9.17) is 4.74 Å². The van der Waals surface area contributed by atoms with Crippen molar-refractivity contribution in [2.24, 2.45) is 11.8 Å². The number of carbonyl (C=O) groups is 1. The van der Waals surface area contributed by atoms with E-state index in [9.17, 15) is 9.90 Å². The van der Waals surface area contributed by atoms with Crippen LogP contribution in [-0.2, 0) is 9.53 Å². The first kappa shape index (κ1) is 8.91. The lowest BCUT2D eigenvalue weighted by Gasteiger charge is -2.39. The Kier molecular flexibility index (Phi) is 1.82. The van der Waals surface area contributed by atoms with E-state index in [-0.39, 0.29) is 30.3 Å². The van der Waals surface area contributed by atoms with Gasteiger partial charge in [-0.05, 0) is 0 Å². The average Bonchev–Trinajstić information content (AvgIpc) is 2.55. The molecule has 4 atom stereocenters. The molecule has 3 heteroatoms. The van der Waals surface area contributed by atoms with Gasteiger partial charge in [0.15, 0.2) is 0 Å². The summed E-state index contributed by atoms with van der Waals surface area (Å²) in [7, 11) is 0. The van der Waals surface area contributed by atoms with Crippen molar-refractivity contribution in [3.63, 3.8) is 0 Å². The number of rotatable bonds is 1. The molecule has 0 saturated carbocycles. The van der Waals surface area contributed by atoms with Gasteiger partial charge in [-0.25, -0.2) is 0 Å². The van der Waals surface area contributed by atoms with Gasteiger partial charge in [-0.1, -0.05) is 26.0 Å². The summed E-state index contributed by atoms with van der Waals surface area (Å²) in [6.07, 6.45) is 3.60. The molecule has 0 aromatic heterocycles. The Morgan fingerprint density at radius 3 is 2.92 bits per heavy atom. The number of fused-ring (bicyclic) bond motifs is 2. The second-order valence-electron chi connectivity index (χ2n) is 3.97. The Labute approximate surface area is 77.4 Å². The Bertz CT molecular complexity index is 271. The lowest BCUT2D eigenvalue weighted by molar-refractivity contribution is -0.165. The first-order chi connectivity index (χ1) is 6.10. The molecule has 2 aliphatic rings. The summed E-state index contributed by atoms with van der Waals surface area (Å²) in [5, 5.41) is 9.21. The van der Waals surface area contributed by atoms with E-state index in [2.05, 4.69) is 0 Å². The Morgan fingerprint density at radius 2 is 2.31 bits per heavy atom. The second kappa shape index (κ2) is 2.66. The van der Waals surface area contributed by atoms with Gasteiger partial charge in [-0.15, -0.1) is 0 Å². The molecule has 2 bridgehead atoms. The summed E-state index contributed by atoms with van der Waals surface area (Å²) >= 11 is 0. The van der Waals surface area contributed by atoms with Gasteiger partial charge in [0.05, 0.1) is 18.6 Å². The molecule has 0 aromatic carbocycles. The van der Waals surface area contributed by atoms with Crippen molar-refractivity contribution in [1.29, 1.82) is 0 Å². The largest absolute Gasteiger partial charge is 0.393 e. The van der Waals surface area contributed by atoms with Crippen molar-refractivity contribution in [1.82, 2.24) is 0 Å². The molecule has 2 aliphatic heterocycles. The minimum Gasteiger partial charge on any atom is -0.393 e. The third-order valence-electron chi connectivity index (χ3n) is 3.27. The van der Waals surface area contributed by atoms with Crippen LogP contribution in [0.15, 0.2) is 12.2 Å². The molecule has 0 aromatic rings. The Morgan fingerprint density at radius 1 is 1.62 bits per heavy atom. The van der Waals surface area contributed by atoms with E-state index in [0.717, 1.165) is 0 Å². The fourth-order valence-corrected chi connectivity index (χ4v) is 2.13. The highest BCUT2D eigenvalue weighted by Gasteiger charge is 2.51. The monoisotopic (exact) mass is 182 g/mol. The van der Waals surface area contributed by atoms with Crippen LogP contribution in [0.2, 0.25) is 0 Å². The number of ketones is 1. The van der Waals surface area contributed by atoms with Crippen molar-refractivity contribution in [2.45, 2.75) is 25.6 Å². The van der Waals surface area contributed by atoms with Crippen LogP contribution in [-0.4, -0.2) is 29.2 Å². The zero-order valence-electron chi connectivity index (χ0n) is 7.86. The third kappa shape index (κ3) is 1.00. The van der Waals surface area contributed by atoms with E-state index in [1.54, 1.807) is 0 Å². The van der Waals surface area contributed by atoms with Gasteiger partial charge in [0, 0.05) is 5.92 Å². The minimum atomic E-state index is -0.728. The topological polar surface area (TPSA) is 46.5 Å². The first-order valence-electron chi connectivity index (χ1n) is 4.62. The van der Waals surface area contributed by atoms with Crippen LogP contribution in [0.25, 0.3) is 0 Å². The summed E-state index contributed by atoms with van der Waals surface area (Å²) in [5.41, 5.74) is -0.728. The summed E-state index contributed by atoms with van der Waals surface area (Å²) in [6.45, 7) is 3.58. The number of aliphatic hydroxyl groups excluding tert-OH is 1. The predicted molar refractivity (Wildman–Crippen MR) is 47.2 cm³/mol. The lowest BCUT2D eigenvalue weighted by atomic mass is 9.80. The molecule has 0 radical (unpaired) electrons. The normalized spacial score (nSPS) is 48.5. The van der Waals surface area contributed by atoms with E-state index >= 15 is 0 Å². The van der Waals surface area contributed by atoms with E-state index in [1.165, 1.54) is 0 Å². The lowest BCUT2D eigenvalue weighted by Crippen LogP contribution is -2.52. The van der Waals surface area contributed by atoms with E-state index < -0.39 is 5.60 Å². The summed E-state index contributed by atoms with van der Waals surface area (Å²) in [6, 6.07) is 0. The molecule has 1 saturated heterocycles. The van der Waals surface area contributed by atoms with Crippen LogP contribution in [0.1, 0.15) is 13.8 Å². The van der Waals surface area contributed by atoms with Gasteiger partial charge < -0.3 is 9.84 Å². The van der Waals surface area contributed by atoms with Gasteiger partial charge in [-0.2, -0.15) is 0 Å². The zero-order chi connectivity index (χ0) is 9.64. The molecule has 0 aliphatic carbocycles. The molecule has 0 unspecified atom stereocenters. The second-order valence-corrected chi connectivity index (χ2v) is 3.97. The smallest absolute Gasteiger partial charge is 0.144 e. The number of aliphatic hydroxyl groups is 1. The average molecular weight is 182 g/mol. The van der Waals surface area contributed by atoms with E-state index in [1.807, 2.05) is 26.0 Å². The summed E-state index contributed by atoms with van der Waals surface area (Å²) in [4.78, 5) is 11.7. The quantitative estimate of drug-likeness (QED) is 0.602.